The average Bonchev–Trinajstić information content (AvgIpc) is 2.74. The number of fused-ring (bicyclic) bond motifs is 1. The van der Waals surface area contributed by atoms with E-state index in [1.807, 2.05) is 0 Å². The lowest BCUT2D eigenvalue weighted by Gasteiger charge is -2.35. The first-order chi connectivity index (χ1) is 14.4. The molecule has 1 aliphatic rings. The minimum absolute atomic E-state index is 0.201. The first-order valence-corrected chi connectivity index (χ1v) is 9.64. The number of halogens is 3. The highest BCUT2D eigenvalue weighted by Gasteiger charge is 2.31. The van der Waals surface area contributed by atoms with Crippen LogP contribution in [0.1, 0.15) is 17.2 Å². The predicted octanol–water partition coefficient (Wildman–Crippen LogP) is 3.43. The maximum atomic E-state index is 12.9. The van der Waals surface area contributed by atoms with Crippen molar-refractivity contribution in [2.45, 2.75) is 12.2 Å². The molecule has 2 N–H and O–H groups in total. The fraction of sp³-hybridized carbons (Fsp3) is 0.333. The van der Waals surface area contributed by atoms with Crippen molar-refractivity contribution in [3.63, 3.8) is 0 Å². The van der Waals surface area contributed by atoms with E-state index in [0.717, 1.165) is 17.7 Å². The summed E-state index contributed by atoms with van der Waals surface area (Å²) < 4.78 is 44.2. The Bertz CT molecular complexity index is 1060. The molecule has 1 atom stereocenters. The van der Waals surface area contributed by atoms with E-state index in [9.17, 15) is 18.0 Å². The monoisotopic (exact) mass is 418 g/mol. The van der Waals surface area contributed by atoms with Crippen molar-refractivity contribution in [1.29, 1.82) is 0 Å². The third kappa shape index (κ3) is 4.47. The van der Waals surface area contributed by atoms with Crippen molar-refractivity contribution in [2.75, 3.05) is 38.2 Å². The molecule has 4 rings (SSSR count). The van der Waals surface area contributed by atoms with Gasteiger partial charge in [0.25, 0.3) is 5.56 Å². The van der Waals surface area contributed by atoms with Crippen molar-refractivity contribution in [3.8, 4) is 0 Å². The number of hydrogen-bond acceptors (Lipinski definition) is 5. The van der Waals surface area contributed by atoms with Gasteiger partial charge in [0.2, 0.25) is 5.95 Å². The quantitative estimate of drug-likeness (QED) is 0.665. The summed E-state index contributed by atoms with van der Waals surface area (Å²) in [6, 6.07) is 12.0. The predicted molar refractivity (Wildman–Crippen MR) is 107 cm³/mol. The first-order valence-electron chi connectivity index (χ1n) is 9.64. The average molecular weight is 418 g/mol. The highest BCUT2D eigenvalue weighted by molar-refractivity contribution is 5.78. The maximum Gasteiger partial charge on any atom is 0.416 e. The van der Waals surface area contributed by atoms with E-state index in [1.165, 1.54) is 12.1 Å². The number of nitrogens with zero attached hydrogens (tertiary/aromatic N) is 2. The van der Waals surface area contributed by atoms with Gasteiger partial charge < -0.3 is 10.1 Å². The number of benzene rings is 2. The molecule has 9 heteroatoms. The largest absolute Gasteiger partial charge is 0.416 e. The van der Waals surface area contributed by atoms with Crippen LogP contribution in [-0.4, -0.2) is 47.7 Å². The molecule has 0 aliphatic carbocycles. The number of nitrogens with one attached hydrogen (secondary N) is 2. The number of rotatable bonds is 5. The van der Waals surface area contributed by atoms with Gasteiger partial charge >= 0.3 is 6.18 Å². The second kappa shape index (κ2) is 8.45. The Morgan fingerprint density at radius 3 is 2.50 bits per heavy atom. The molecule has 158 valence electrons. The Morgan fingerprint density at radius 1 is 1.10 bits per heavy atom. The van der Waals surface area contributed by atoms with Gasteiger partial charge in [0.05, 0.1) is 35.7 Å². The van der Waals surface area contributed by atoms with E-state index in [1.54, 1.807) is 24.3 Å². The van der Waals surface area contributed by atoms with Crippen molar-refractivity contribution in [1.82, 2.24) is 14.9 Å². The fourth-order valence-electron chi connectivity index (χ4n) is 3.60. The Kier molecular flexibility index (Phi) is 5.74. The minimum atomic E-state index is -4.38. The lowest BCUT2D eigenvalue weighted by molar-refractivity contribution is -0.137. The maximum absolute atomic E-state index is 12.9. The zero-order valence-electron chi connectivity index (χ0n) is 16.1. The number of aromatic nitrogens is 2. The van der Waals surface area contributed by atoms with Crippen LogP contribution < -0.4 is 10.9 Å². The van der Waals surface area contributed by atoms with Crippen LogP contribution in [0.5, 0.6) is 0 Å². The molecule has 1 aliphatic heterocycles. The van der Waals surface area contributed by atoms with Crippen molar-refractivity contribution >= 4 is 16.9 Å². The fourth-order valence-corrected chi connectivity index (χ4v) is 3.60. The summed E-state index contributed by atoms with van der Waals surface area (Å²) in [4.78, 5) is 21.6. The van der Waals surface area contributed by atoms with E-state index in [-0.39, 0.29) is 11.6 Å². The Morgan fingerprint density at radius 2 is 1.80 bits per heavy atom. The van der Waals surface area contributed by atoms with E-state index in [4.69, 9.17) is 4.74 Å². The molecule has 1 aromatic heterocycles. The van der Waals surface area contributed by atoms with Gasteiger partial charge in [-0.05, 0) is 29.8 Å². The minimum Gasteiger partial charge on any atom is -0.379 e. The molecular weight excluding hydrogens is 397 g/mol. The van der Waals surface area contributed by atoms with Crippen LogP contribution in [0, 0.1) is 0 Å². The molecule has 0 radical (unpaired) electrons. The van der Waals surface area contributed by atoms with E-state index in [2.05, 4.69) is 20.2 Å². The summed E-state index contributed by atoms with van der Waals surface area (Å²) in [7, 11) is 0. The van der Waals surface area contributed by atoms with Crippen LogP contribution in [0.15, 0.2) is 53.3 Å². The SMILES string of the molecule is O=c1[nH]c(NCC(c2ccc(C(F)(F)F)cc2)N2CCOCC2)nc2ccccc12. The van der Waals surface area contributed by atoms with Crippen LogP contribution in [-0.2, 0) is 10.9 Å². The van der Waals surface area contributed by atoms with Crippen LogP contribution >= 0.6 is 0 Å². The zero-order chi connectivity index (χ0) is 21.1. The molecule has 6 nitrogen and oxygen atoms in total. The lowest BCUT2D eigenvalue weighted by atomic mass is 10.0. The second-order valence-corrected chi connectivity index (χ2v) is 7.10. The van der Waals surface area contributed by atoms with Gasteiger partial charge in [0.15, 0.2) is 0 Å². The smallest absolute Gasteiger partial charge is 0.379 e. The Balaban J connectivity index is 1.58. The molecule has 30 heavy (non-hydrogen) atoms. The molecule has 0 bridgehead atoms. The third-order valence-electron chi connectivity index (χ3n) is 5.18. The number of H-pyrrole nitrogens is 1. The van der Waals surface area contributed by atoms with Gasteiger partial charge in [-0.25, -0.2) is 4.98 Å². The molecule has 1 saturated heterocycles. The van der Waals surface area contributed by atoms with Crippen molar-refractivity contribution in [2.24, 2.45) is 0 Å². The summed E-state index contributed by atoms with van der Waals surface area (Å²) in [6.07, 6.45) is -4.38. The number of para-hydroxylation sites is 1. The summed E-state index contributed by atoms with van der Waals surface area (Å²) in [5, 5.41) is 3.64. The topological polar surface area (TPSA) is 70.2 Å². The third-order valence-corrected chi connectivity index (χ3v) is 5.18. The molecule has 2 heterocycles. The molecule has 0 saturated carbocycles. The van der Waals surface area contributed by atoms with Crippen LogP contribution in [0.2, 0.25) is 0 Å². The molecular formula is C21H21F3N4O2. The number of anilines is 1. The number of ether oxygens (including phenoxy) is 1. The molecule has 1 fully saturated rings. The highest BCUT2D eigenvalue weighted by Crippen LogP contribution is 2.31. The van der Waals surface area contributed by atoms with Crippen LogP contribution in [0.4, 0.5) is 19.1 Å². The van der Waals surface area contributed by atoms with Crippen molar-refractivity contribution in [3.05, 3.63) is 70.0 Å². The van der Waals surface area contributed by atoms with Gasteiger partial charge in [-0.15, -0.1) is 0 Å². The van der Waals surface area contributed by atoms with E-state index in [0.29, 0.717) is 49.7 Å². The van der Waals surface area contributed by atoms with Crippen molar-refractivity contribution < 1.29 is 17.9 Å². The lowest BCUT2D eigenvalue weighted by Crippen LogP contribution is -2.41. The zero-order valence-corrected chi connectivity index (χ0v) is 16.1. The van der Waals surface area contributed by atoms with E-state index >= 15 is 0 Å². The van der Waals surface area contributed by atoms with Crippen LogP contribution in [0.3, 0.4) is 0 Å². The van der Waals surface area contributed by atoms with Gasteiger partial charge in [0.1, 0.15) is 0 Å². The molecule has 0 spiro atoms. The molecule has 3 aromatic rings. The number of alkyl halides is 3. The van der Waals surface area contributed by atoms with Crippen LogP contribution in [0.25, 0.3) is 10.9 Å². The highest BCUT2D eigenvalue weighted by atomic mass is 19.4. The number of morpholine rings is 1. The summed E-state index contributed by atoms with van der Waals surface area (Å²) >= 11 is 0. The second-order valence-electron chi connectivity index (χ2n) is 7.10. The standard InChI is InChI=1S/C21H21F3N4O2/c22-21(23,24)15-7-5-14(6-8-15)18(28-9-11-30-12-10-28)13-25-20-26-17-4-2-1-3-16(17)19(29)27-20/h1-8,18H,9-13H2,(H2,25,26,27,29). The number of aromatic amines is 1. The van der Waals surface area contributed by atoms with E-state index < -0.39 is 11.7 Å². The Hall–Kier alpha value is -2.91. The summed E-state index contributed by atoms with van der Waals surface area (Å²) in [6.45, 7) is 2.81. The number of hydrogen-bond donors (Lipinski definition) is 2. The molecule has 0 amide bonds. The van der Waals surface area contributed by atoms with Gasteiger partial charge in [-0.3, -0.25) is 14.7 Å². The molecule has 2 aromatic carbocycles. The van der Waals surface area contributed by atoms with Gasteiger partial charge in [-0.2, -0.15) is 13.2 Å². The normalized spacial score (nSPS) is 16.5. The summed E-state index contributed by atoms with van der Waals surface area (Å²) in [5.74, 6) is 0.323. The van der Waals surface area contributed by atoms with Gasteiger partial charge in [-0.1, -0.05) is 24.3 Å². The summed E-state index contributed by atoms with van der Waals surface area (Å²) in [5.41, 5.74) is 0.391. The molecule has 1 unspecified atom stereocenters. The first kappa shape index (κ1) is 20.4. The Labute approximate surface area is 170 Å². The van der Waals surface area contributed by atoms with Gasteiger partial charge in [0, 0.05) is 19.6 Å².